The monoisotopic (exact) mass is 460 g/mol. The van der Waals surface area contributed by atoms with E-state index in [1.807, 2.05) is 47.0 Å². The van der Waals surface area contributed by atoms with Gasteiger partial charge in [-0.2, -0.15) is 0 Å². The van der Waals surface area contributed by atoms with Crippen molar-refractivity contribution in [2.75, 3.05) is 5.75 Å². The molecular formula is C26H28N4O2S. The van der Waals surface area contributed by atoms with Crippen molar-refractivity contribution in [1.82, 2.24) is 20.1 Å². The zero-order chi connectivity index (χ0) is 22.4. The fraction of sp³-hybridized carbons (Fsp3) is 0.423. The molecular weight excluding hydrogens is 432 g/mol. The van der Waals surface area contributed by atoms with E-state index < -0.39 is 0 Å². The summed E-state index contributed by atoms with van der Waals surface area (Å²) in [5.41, 5.74) is 1.52. The van der Waals surface area contributed by atoms with E-state index in [9.17, 15) is 9.90 Å². The lowest BCUT2D eigenvalue weighted by molar-refractivity contribution is -0.124. The highest BCUT2D eigenvalue weighted by Gasteiger charge is 2.51. The fourth-order valence-corrected chi connectivity index (χ4v) is 7.49. The normalized spacial score (nSPS) is 27.6. The Hall–Kier alpha value is -2.80. The summed E-state index contributed by atoms with van der Waals surface area (Å²) in [6, 6.07) is 16.9. The third-order valence-electron chi connectivity index (χ3n) is 7.57. The van der Waals surface area contributed by atoms with Crippen molar-refractivity contribution in [2.24, 2.45) is 17.8 Å². The lowest BCUT2D eigenvalue weighted by atomic mass is 9.53. The minimum atomic E-state index is 0.0144. The Kier molecular flexibility index (Phi) is 5.17. The second-order valence-corrected chi connectivity index (χ2v) is 11.0. The van der Waals surface area contributed by atoms with Crippen LogP contribution in [0.3, 0.4) is 0 Å². The van der Waals surface area contributed by atoms with Crippen molar-refractivity contribution in [2.45, 2.75) is 49.2 Å². The van der Waals surface area contributed by atoms with Crippen LogP contribution in [-0.4, -0.2) is 37.1 Å². The van der Waals surface area contributed by atoms with Gasteiger partial charge in [0.1, 0.15) is 5.75 Å². The van der Waals surface area contributed by atoms with E-state index in [4.69, 9.17) is 0 Å². The van der Waals surface area contributed by atoms with E-state index in [1.165, 1.54) is 31.0 Å². The summed E-state index contributed by atoms with van der Waals surface area (Å²) in [5, 5.41) is 23.3. The topological polar surface area (TPSA) is 80.0 Å². The number of hydrogen-bond donors (Lipinski definition) is 2. The molecule has 0 saturated heterocycles. The van der Waals surface area contributed by atoms with Crippen LogP contribution in [-0.2, 0) is 4.79 Å². The first-order chi connectivity index (χ1) is 16.1. The molecule has 0 unspecified atom stereocenters. The van der Waals surface area contributed by atoms with Gasteiger partial charge in [-0.1, -0.05) is 42.1 Å². The van der Waals surface area contributed by atoms with E-state index in [0.717, 1.165) is 42.7 Å². The van der Waals surface area contributed by atoms with Crippen molar-refractivity contribution in [3.8, 4) is 22.8 Å². The van der Waals surface area contributed by atoms with Gasteiger partial charge in [-0.15, -0.1) is 10.2 Å². The quantitative estimate of drug-likeness (QED) is 0.516. The molecule has 2 N–H and O–H groups in total. The Morgan fingerprint density at radius 3 is 2.27 bits per heavy atom. The summed E-state index contributed by atoms with van der Waals surface area (Å²) in [4.78, 5) is 13.1. The SMILES string of the molecule is O=C(CSc1nnc(-c2ccccc2O)n1-c1ccccc1)NC12CC3CC(CC(C3)C1)C2. The Morgan fingerprint density at radius 1 is 0.970 bits per heavy atom. The van der Waals surface area contributed by atoms with Crippen molar-refractivity contribution in [3.05, 3.63) is 54.6 Å². The number of nitrogens with zero attached hydrogens (tertiary/aromatic N) is 3. The summed E-state index contributed by atoms with van der Waals surface area (Å²) in [6.45, 7) is 0. The molecule has 4 aliphatic carbocycles. The fourth-order valence-electron chi connectivity index (χ4n) is 6.74. The van der Waals surface area contributed by atoms with Crippen LogP contribution in [0.25, 0.3) is 17.1 Å². The van der Waals surface area contributed by atoms with Crippen LogP contribution in [0.5, 0.6) is 5.75 Å². The van der Waals surface area contributed by atoms with E-state index >= 15 is 0 Å². The minimum Gasteiger partial charge on any atom is -0.507 e. The number of aromatic nitrogens is 3. The van der Waals surface area contributed by atoms with Crippen molar-refractivity contribution in [3.63, 3.8) is 0 Å². The molecule has 1 heterocycles. The highest BCUT2D eigenvalue weighted by atomic mass is 32.2. The number of phenols is 1. The summed E-state index contributed by atoms with van der Waals surface area (Å²) in [5.74, 6) is 3.48. The van der Waals surface area contributed by atoms with E-state index in [-0.39, 0.29) is 17.2 Å². The lowest BCUT2D eigenvalue weighted by Gasteiger charge is -2.56. The van der Waals surface area contributed by atoms with Gasteiger partial charge in [0.2, 0.25) is 5.91 Å². The predicted octanol–water partition coefficient (Wildman–Crippen LogP) is 4.82. The zero-order valence-corrected chi connectivity index (χ0v) is 19.3. The van der Waals surface area contributed by atoms with E-state index in [2.05, 4.69) is 15.5 Å². The molecule has 4 fully saturated rings. The van der Waals surface area contributed by atoms with Crippen LogP contribution in [0.2, 0.25) is 0 Å². The average molecular weight is 461 g/mol. The molecule has 0 radical (unpaired) electrons. The summed E-state index contributed by atoms with van der Waals surface area (Å²) in [6.07, 6.45) is 7.52. The van der Waals surface area contributed by atoms with Crippen molar-refractivity contribution in [1.29, 1.82) is 0 Å². The van der Waals surface area contributed by atoms with Crippen LogP contribution in [0.4, 0.5) is 0 Å². The number of nitrogens with one attached hydrogen (secondary N) is 1. The number of thioether (sulfide) groups is 1. The average Bonchev–Trinajstić information content (AvgIpc) is 3.21. The Bertz CT molecular complexity index is 1140. The first kappa shape index (κ1) is 20.8. The molecule has 3 aromatic rings. The number of aromatic hydroxyl groups is 1. The zero-order valence-electron chi connectivity index (χ0n) is 18.5. The van der Waals surface area contributed by atoms with E-state index in [0.29, 0.717) is 22.3 Å². The number of benzene rings is 2. The van der Waals surface area contributed by atoms with Crippen LogP contribution < -0.4 is 5.32 Å². The molecule has 0 spiro atoms. The van der Waals surface area contributed by atoms with Gasteiger partial charge < -0.3 is 10.4 Å². The highest BCUT2D eigenvalue weighted by molar-refractivity contribution is 7.99. The number of para-hydroxylation sites is 2. The van der Waals surface area contributed by atoms with Crippen LogP contribution in [0.1, 0.15) is 38.5 Å². The molecule has 0 aliphatic heterocycles. The highest BCUT2D eigenvalue weighted by Crippen LogP contribution is 2.55. The molecule has 6 nitrogen and oxygen atoms in total. The molecule has 1 amide bonds. The number of hydrogen-bond acceptors (Lipinski definition) is 5. The summed E-state index contributed by atoms with van der Waals surface area (Å²) in [7, 11) is 0. The van der Waals surface area contributed by atoms with Gasteiger partial charge in [-0.05, 0) is 80.5 Å². The predicted molar refractivity (Wildman–Crippen MR) is 128 cm³/mol. The maximum absolute atomic E-state index is 13.1. The summed E-state index contributed by atoms with van der Waals surface area (Å²) < 4.78 is 1.91. The molecule has 4 aliphatic rings. The van der Waals surface area contributed by atoms with Gasteiger partial charge in [0.25, 0.3) is 0 Å². The summed E-state index contributed by atoms with van der Waals surface area (Å²) >= 11 is 1.40. The van der Waals surface area contributed by atoms with Gasteiger partial charge in [0, 0.05) is 11.2 Å². The molecule has 7 heteroatoms. The van der Waals surface area contributed by atoms with Crippen molar-refractivity contribution >= 4 is 17.7 Å². The van der Waals surface area contributed by atoms with Gasteiger partial charge >= 0.3 is 0 Å². The van der Waals surface area contributed by atoms with Crippen molar-refractivity contribution < 1.29 is 9.90 Å². The first-order valence-electron chi connectivity index (χ1n) is 11.8. The number of phenolic OH excluding ortho intramolecular Hbond substituents is 1. The molecule has 1 aromatic heterocycles. The number of carbonyl (C=O) groups excluding carboxylic acids is 1. The minimum absolute atomic E-state index is 0.0144. The van der Waals surface area contributed by atoms with Crippen LogP contribution >= 0.6 is 11.8 Å². The molecule has 4 saturated carbocycles. The third-order valence-corrected chi connectivity index (χ3v) is 8.50. The number of amides is 1. The molecule has 7 rings (SSSR count). The lowest BCUT2D eigenvalue weighted by Crippen LogP contribution is -2.60. The number of carbonyl (C=O) groups is 1. The second-order valence-electron chi connectivity index (χ2n) is 10.0. The second kappa shape index (κ2) is 8.20. The molecule has 0 atom stereocenters. The first-order valence-corrected chi connectivity index (χ1v) is 12.8. The largest absolute Gasteiger partial charge is 0.507 e. The molecule has 4 bridgehead atoms. The van der Waals surface area contributed by atoms with Crippen LogP contribution in [0.15, 0.2) is 59.8 Å². The molecule has 33 heavy (non-hydrogen) atoms. The molecule has 170 valence electrons. The van der Waals surface area contributed by atoms with Gasteiger partial charge in [-0.3, -0.25) is 9.36 Å². The Labute approximate surface area is 197 Å². The maximum atomic E-state index is 13.1. The Morgan fingerprint density at radius 2 is 1.61 bits per heavy atom. The van der Waals surface area contributed by atoms with Gasteiger partial charge in [0.05, 0.1) is 11.3 Å². The van der Waals surface area contributed by atoms with Gasteiger partial charge in [-0.25, -0.2) is 0 Å². The van der Waals surface area contributed by atoms with E-state index in [1.54, 1.807) is 12.1 Å². The van der Waals surface area contributed by atoms with Crippen LogP contribution in [0, 0.1) is 17.8 Å². The smallest absolute Gasteiger partial charge is 0.230 e. The Balaban J connectivity index is 1.23. The standard InChI is InChI=1S/C26H28N4O2S/c31-22-9-5-4-8-21(22)24-28-29-25(30(24)20-6-2-1-3-7-20)33-16-23(32)27-26-13-17-10-18(14-26)12-19(11-17)15-26/h1-9,17-19,31H,10-16H2,(H,27,32). The molecule has 2 aromatic carbocycles. The third kappa shape index (κ3) is 3.92. The maximum Gasteiger partial charge on any atom is 0.230 e. The number of rotatable bonds is 6. The van der Waals surface area contributed by atoms with Gasteiger partial charge in [0.15, 0.2) is 11.0 Å².